The molecule has 0 bridgehead atoms. The van der Waals surface area contributed by atoms with E-state index in [4.69, 9.17) is 19.6 Å². The van der Waals surface area contributed by atoms with Crippen molar-refractivity contribution < 1.29 is 18.3 Å². The Labute approximate surface area is 173 Å². The maximum absolute atomic E-state index is 13.4. The second-order valence-corrected chi connectivity index (χ2v) is 5.69. The van der Waals surface area contributed by atoms with Gasteiger partial charge in [-0.25, -0.2) is 9.38 Å². The van der Waals surface area contributed by atoms with E-state index in [9.17, 15) is 4.39 Å². The molecule has 0 unspecified atom stereocenters. The molecule has 0 amide bonds. The highest BCUT2D eigenvalue weighted by atomic mass is 127. The number of nitrogens with zero attached hydrogens (tertiary/aromatic N) is 1. The van der Waals surface area contributed by atoms with Crippen molar-refractivity contribution in [1.82, 2.24) is 0 Å². The average molecular weight is 485 g/mol. The molecule has 0 atom stereocenters. The number of hydrogen-bond donors (Lipinski definition) is 2. The topological polar surface area (TPSA) is 82.0 Å². The van der Waals surface area contributed by atoms with Crippen LogP contribution in [0.25, 0.3) is 11.0 Å². The van der Waals surface area contributed by atoms with Crippen LogP contribution in [0.3, 0.4) is 0 Å². The molecule has 1 aromatic heterocycles. The first-order valence-electron chi connectivity index (χ1n) is 7.98. The van der Waals surface area contributed by atoms with E-state index in [-0.39, 0.29) is 42.3 Å². The Morgan fingerprint density at radius 2 is 1.89 bits per heavy atom. The van der Waals surface area contributed by atoms with Gasteiger partial charge < -0.3 is 24.9 Å². The lowest BCUT2D eigenvalue weighted by atomic mass is 10.1. The molecule has 3 rings (SSSR count). The first-order valence-corrected chi connectivity index (χ1v) is 7.98. The van der Waals surface area contributed by atoms with Crippen LogP contribution in [0.15, 0.2) is 45.8 Å². The predicted octanol–water partition coefficient (Wildman–Crippen LogP) is 4.44. The third-order valence-corrected chi connectivity index (χ3v) is 4.05. The predicted molar refractivity (Wildman–Crippen MR) is 115 cm³/mol. The first-order chi connectivity index (χ1) is 12.5. The summed E-state index contributed by atoms with van der Waals surface area (Å²) in [6, 6.07) is 9.76. The van der Waals surface area contributed by atoms with E-state index >= 15 is 0 Å². The van der Waals surface area contributed by atoms with Gasteiger partial charge in [0.2, 0.25) is 0 Å². The number of fused-ring (bicyclic) bond motifs is 1. The molecule has 2 aromatic carbocycles. The lowest BCUT2D eigenvalue weighted by Gasteiger charge is -2.10. The molecule has 0 aliphatic rings. The van der Waals surface area contributed by atoms with Gasteiger partial charge in [-0.3, -0.25) is 0 Å². The van der Waals surface area contributed by atoms with Crippen molar-refractivity contribution in [2.24, 2.45) is 10.7 Å². The Bertz CT molecular complexity index is 972. The number of benzene rings is 2. The lowest BCUT2D eigenvalue weighted by Crippen LogP contribution is -2.22. The van der Waals surface area contributed by atoms with Crippen LogP contribution < -0.4 is 20.5 Å². The van der Waals surface area contributed by atoms with Crippen molar-refractivity contribution in [1.29, 1.82) is 0 Å². The third kappa shape index (κ3) is 4.62. The zero-order chi connectivity index (χ0) is 18.7. The van der Waals surface area contributed by atoms with Gasteiger partial charge in [-0.15, -0.1) is 24.0 Å². The van der Waals surface area contributed by atoms with E-state index in [2.05, 4.69) is 10.3 Å². The Morgan fingerprint density at radius 1 is 1.15 bits per heavy atom. The summed E-state index contributed by atoms with van der Waals surface area (Å²) in [5, 5.41) is 3.73. The number of methoxy groups -OCH3 is 2. The van der Waals surface area contributed by atoms with Gasteiger partial charge in [-0.2, -0.15) is 0 Å². The monoisotopic (exact) mass is 485 g/mol. The number of hydrogen-bond acceptors (Lipinski definition) is 4. The Kier molecular flexibility index (Phi) is 6.89. The van der Waals surface area contributed by atoms with Gasteiger partial charge in [-0.05, 0) is 37.3 Å². The first kappa shape index (κ1) is 20.8. The maximum Gasteiger partial charge on any atom is 0.193 e. The third-order valence-electron chi connectivity index (χ3n) is 4.05. The second kappa shape index (κ2) is 8.94. The molecule has 6 nitrogen and oxygen atoms in total. The number of furan rings is 1. The van der Waals surface area contributed by atoms with Gasteiger partial charge in [0.15, 0.2) is 17.5 Å². The minimum Gasteiger partial charge on any atom is -0.493 e. The molecule has 0 aliphatic carbocycles. The summed E-state index contributed by atoms with van der Waals surface area (Å²) < 4.78 is 29.6. The molecule has 0 aliphatic heterocycles. The zero-order valence-electron chi connectivity index (χ0n) is 15.2. The summed E-state index contributed by atoms with van der Waals surface area (Å²) in [7, 11) is 3.13. The van der Waals surface area contributed by atoms with Crippen LogP contribution in [0.5, 0.6) is 11.5 Å². The Balaban J connectivity index is 0.00000261. The molecule has 3 N–H and O–H groups in total. The Morgan fingerprint density at radius 3 is 2.59 bits per heavy atom. The highest BCUT2D eigenvalue weighted by molar-refractivity contribution is 14.0. The molecule has 0 saturated carbocycles. The van der Waals surface area contributed by atoms with Gasteiger partial charge in [0.25, 0.3) is 0 Å². The minimum absolute atomic E-state index is 0. The molecule has 8 heteroatoms. The lowest BCUT2D eigenvalue weighted by molar-refractivity contribution is 0.355. The summed E-state index contributed by atoms with van der Waals surface area (Å²) in [5.74, 6) is 1.77. The SMILES string of the molecule is COc1ccc(NC(N)=NCc2oc3ccc(F)cc3c2C)cc1OC.I. The number of guanidine groups is 1. The molecule has 144 valence electrons. The van der Waals surface area contributed by atoms with E-state index in [1.165, 1.54) is 12.1 Å². The highest BCUT2D eigenvalue weighted by Crippen LogP contribution is 2.30. The fraction of sp³-hybridized carbons (Fsp3) is 0.211. The number of anilines is 1. The summed E-state index contributed by atoms with van der Waals surface area (Å²) in [4.78, 5) is 4.29. The average Bonchev–Trinajstić information content (AvgIpc) is 2.95. The minimum atomic E-state index is -0.300. The van der Waals surface area contributed by atoms with E-state index in [0.717, 1.165) is 10.9 Å². The smallest absolute Gasteiger partial charge is 0.193 e. The van der Waals surface area contributed by atoms with Crippen LogP contribution >= 0.6 is 24.0 Å². The van der Waals surface area contributed by atoms with E-state index in [0.29, 0.717) is 28.5 Å². The fourth-order valence-corrected chi connectivity index (χ4v) is 2.65. The quantitative estimate of drug-likeness (QED) is 0.317. The molecular formula is C19H21FIN3O3. The van der Waals surface area contributed by atoms with Gasteiger partial charge in [0, 0.05) is 22.7 Å². The summed E-state index contributed by atoms with van der Waals surface area (Å²) in [6.07, 6.45) is 0. The van der Waals surface area contributed by atoms with Gasteiger partial charge in [0.1, 0.15) is 23.7 Å². The van der Waals surface area contributed by atoms with Crippen molar-refractivity contribution in [3.63, 3.8) is 0 Å². The molecule has 1 heterocycles. The van der Waals surface area contributed by atoms with Gasteiger partial charge in [-0.1, -0.05) is 0 Å². The summed E-state index contributed by atoms with van der Waals surface area (Å²) >= 11 is 0. The number of rotatable bonds is 5. The number of aliphatic imine (C=N–C) groups is 1. The molecule has 0 radical (unpaired) electrons. The van der Waals surface area contributed by atoms with E-state index in [1.807, 2.05) is 6.92 Å². The highest BCUT2D eigenvalue weighted by Gasteiger charge is 2.11. The molecule has 27 heavy (non-hydrogen) atoms. The van der Waals surface area contributed by atoms with Crippen LogP contribution in [0.2, 0.25) is 0 Å². The maximum atomic E-state index is 13.4. The van der Waals surface area contributed by atoms with Crippen LogP contribution in [0.4, 0.5) is 10.1 Å². The van der Waals surface area contributed by atoms with Crippen molar-refractivity contribution in [2.45, 2.75) is 13.5 Å². The van der Waals surface area contributed by atoms with Crippen LogP contribution in [0.1, 0.15) is 11.3 Å². The standard InChI is InChI=1S/C19H20FN3O3.HI/c1-11-14-8-12(20)4-6-15(14)26-18(11)10-22-19(21)23-13-5-7-16(24-2)17(9-13)25-3;/h4-9H,10H2,1-3H3,(H3,21,22,23);1H. The van der Waals surface area contributed by atoms with Crippen molar-refractivity contribution >= 4 is 46.6 Å². The molecule has 0 spiro atoms. The summed E-state index contributed by atoms with van der Waals surface area (Å²) in [6.45, 7) is 2.11. The second-order valence-electron chi connectivity index (χ2n) is 5.69. The van der Waals surface area contributed by atoms with Crippen LogP contribution in [-0.4, -0.2) is 20.2 Å². The largest absolute Gasteiger partial charge is 0.493 e. The fourth-order valence-electron chi connectivity index (χ4n) is 2.65. The number of nitrogens with one attached hydrogen (secondary N) is 1. The molecular weight excluding hydrogens is 464 g/mol. The van der Waals surface area contributed by atoms with Gasteiger partial charge in [0.05, 0.1) is 14.2 Å². The van der Waals surface area contributed by atoms with E-state index < -0.39 is 0 Å². The normalized spacial score (nSPS) is 11.2. The molecule has 0 saturated heterocycles. The van der Waals surface area contributed by atoms with Crippen LogP contribution in [0, 0.1) is 12.7 Å². The number of halogens is 2. The molecule has 0 fully saturated rings. The zero-order valence-corrected chi connectivity index (χ0v) is 17.5. The van der Waals surface area contributed by atoms with Crippen molar-refractivity contribution in [3.05, 3.63) is 53.5 Å². The van der Waals surface area contributed by atoms with Crippen molar-refractivity contribution in [2.75, 3.05) is 19.5 Å². The number of ether oxygens (including phenoxy) is 2. The molecule has 3 aromatic rings. The number of aryl methyl sites for hydroxylation is 1. The van der Waals surface area contributed by atoms with Gasteiger partial charge >= 0.3 is 0 Å². The summed E-state index contributed by atoms with van der Waals surface area (Å²) in [5.41, 5.74) is 8.14. The van der Waals surface area contributed by atoms with E-state index in [1.54, 1.807) is 38.5 Å². The van der Waals surface area contributed by atoms with Crippen LogP contribution in [-0.2, 0) is 6.54 Å². The number of nitrogens with two attached hydrogens (primary N) is 1. The Hall–Kier alpha value is -2.49. The van der Waals surface area contributed by atoms with Crippen molar-refractivity contribution in [3.8, 4) is 11.5 Å².